The number of hydrogen-bond acceptors (Lipinski definition) is 5. The third-order valence-electron chi connectivity index (χ3n) is 6.68. The summed E-state index contributed by atoms with van der Waals surface area (Å²) in [4.78, 5) is 4.88. The van der Waals surface area contributed by atoms with E-state index in [0.717, 1.165) is 56.3 Å². The number of piperazine rings is 1. The van der Waals surface area contributed by atoms with E-state index in [2.05, 4.69) is 21.9 Å². The monoisotopic (exact) mass is 496 g/mol. The van der Waals surface area contributed by atoms with Crippen molar-refractivity contribution in [1.29, 1.82) is 0 Å². The average Bonchev–Trinajstić information content (AvgIpc) is 3.33. The molecule has 2 aliphatic rings. The van der Waals surface area contributed by atoms with Crippen molar-refractivity contribution >= 4 is 11.6 Å². The summed E-state index contributed by atoms with van der Waals surface area (Å²) >= 11 is 6.17. The van der Waals surface area contributed by atoms with Gasteiger partial charge in [-0.15, -0.1) is 0 Å². The normalized spacial score (nSPS) is 16.9. The summed E-state index contributed by atoms with van der Waals surface area (Å²) in [7, 11) is 0. The largest absolute Gasteiger partial charge is 0.486 e. The van der Waals surface area contributed by atoms with E-state index >= 15 is 0 Å². The third-order valence-corrected chi connectivity index (χ3v) is 7.10. The maximum absolute atomic E-state index is 14.7. The molecule has 0 radical (unpaired) electrons. The van der Waals surface area contributed by atoms with E-state index in [1.165, 1.54) is 11.6 Å². The molecule has 2 aliphatic heterocycles. The molecule has 0 aromatic heterocycles. The highest BCUT2D eigenvalue weighted by Crippen LogP contribution is 2.33. The standard InChI is InChI=1S/C28H30ClFN2O3/c1-20-16-22(7-8-24(20)29)35-26(23-4-2-3-5-25(23)30)10-11-31-12-14-32(15-13-31)18-21-6-9-27-28(17-21)34-19-33-27/h2-9,16-17,26H,10-15,18-19H2,1H3. The third kappa shape index (κ3) is 5.89. The lowest BCUT2D eigenvalue weighted by Gasteiger charge is -2.35. The van der Waals surface area contributed by atoms with Crippen LogP contribution in [-0.4, -0.2) is 49.3 Å². The quantitative estimate of drug-likeness (QED) is 0.391. The first kappa shape index (κ1) is 23.9. The van der Waals surface area contributed by atoms with Gasteiger partial charge in [-0.3, -0.25) is 4.90 Å². The molecule has 1 unspecified atom stereocenters. The number of rotatable bonds is 8. The van der Waals surface area contributed by atoms with E-state index in [0.29, 0.717) is 29.5 Å². The van der Waals surface area contributed by atoms with Crippen LogP contribution in [0.2, 0.25) is 5.02 Å². The van der Waals surface area contributed by atoms with Gasteiger partial charge in [-0.05, 0) is 54.4 Å². The van der Waals surface area contributed by atoms with Gasteiger partial charge >= 0.3 is 0 Å². The van der Waals surface area contributed by atoms with Crippen molar-refractivity contribution in [3.63, 3.8) is 0 Å². The molecule has 184 valence electrons. The number of benzene rings is 3. The van der Waals surface area contributed by atoms with Gasteiger partial charge in [-0.25, -0.2) is 4.39 Å². The Morgan fingerprint density at radius 2 is 1.71 bits per heavy atom. The number of aryl methyl sites for hydroxylation is 1. The number of halogens is 2. The highest BCUT2D eigenvalue weighted by molar-refractivity contribution is 6.31. The summed E-state index contributed by atoms with van der Waals surface area (Å²) in [5, 5.41) is 0.693. The zero-order valence-electron chi connectivity index (χ0n) is 19.9. The predicted molar refractivity (Wildman–Crippen MR) is 135 cm³/mol. The van der Waals surface area contributed by atoms with Crippen LogP contribution in [0.3, 0.4) is 0 Å². The van der Waals surface area contributed by atoms with Gasteiger partial charge in [0.05, 0.1) is 0 Å². The summed E-state index contributed by atoms with van der Waals surface area (Å²) < 4.78 is 31.9. The molecule has 1 atom stereocenters. The second-order valence-corrected chi connectivity index (χ2v) is 9.54. The molecule has 5 rings (SSSR count). The molecule has 7 heteroatoms. The van der Waals surface area contributed by atoms with Crippen molar-refractivity contribution in [3.05, 3.63) is 88.2 Å². The molecular formula is C28H30ClFN2O3. The molecule has 3 aromatic rings. The lowest BCUT2D eigenvalue weighted by molar-refractivity contribution is 0.106. The van der Waals surface area contributed by atoms with Crippen LogP contribution in [0.25, 0.3) is 0 Å². The SMILES string of the molecule is Cc1cc(OC(CCN2CCN(Cc3ccc4c(c3)OCO4)CC2)c2ccccc2F)ccc1Cl. The van der Waals surface area contributed by atoms with Gasteiger partial charge < -0.3 is 19.1 Å². The van der Waals surface area contributed by atoms with Gasteiger partial charge in [-0.1, -0.05) is 35.9 Å². The van der Waals surface area contributed by atoms with Crippen LogP contribution in [0.5, 0.6) is 17.2 Å². The van der Waals surface area contributed by atoms with Gasteiger partial charge in [-0.2, -0.15) is 0 Å². The van der Waals surface area contributed by atoms with Crippen LogP contribution in [0, 0.1) is 12.7 Å². The Bertz CT molecular complexity index is 1170. The summed E-state index contributed by atoms with van der Waals surface area (Å²) in [6.45, 7) is 7.86. The number of hydrogen-bond donors (Lipinski definition) is 0. The Morgan fingerprint density at radius 3 is 2.51 bits per heavy atom. The molecule has 1 fully saturated rings. The molecule has 5 nitrogen and oxygen atoms in total. The maximum atomic E-state index is 14.7. The van der Waals surface area contributed by atoms with Gasteiger partial charge in [0.2, 0.25) is 6.79 Å². The molecule has 0 aliphatic carbocycles. The lowest BCUT2D eigenvalue weighted by atomic mass is 10.0. The van der Waals surface area contributed by atoms with Crippen molar-refractivity contribution in [3.8, 4) is 17.2 Å². The van der Waals surface area contributed by atoms with Crippen LogP contribution in [0.1, 0.15) is 29.2 Å². The van der Waals surface area contributed by atoms with Crippen molar-refractivity contribution in [1.82, 2.24) is 9.80 Å². The van der Waals surface area contributed by atoms with Crippen molar-refractivity contribution < 1.29 is 18.6 Å². The minimum Gasteiger partial charge on any atom is -0.486 e. The Hall–Kier alpha value is -2.80. The van der Waals surface area contributed by atoms with E-state index in [1.54, 1.807) is 6.07 Å². The van der Waals surface area contributed by atoms with Crippen LogP contribution < -0.4 is 14.2 Å². The topological polar surface area (TPSA) is 34.2 Å². The predicted octanol–water partition coefficient (Wildman–Crippen LogP) is 5.84. The molecule has 0 saturated carbocycles. The van der Waals surface area contributed by atoms with Crippen molar-refractivity contribution in [2.75, 3.05) is 39.5 Å². The molecule has 0 bridgehead atoms. The molecular weight excluding hydrogens is 467 g/mol. The summed E-state index contributed by atoms with van der Waals surface area (Å²) in [6.07, 6.45) is 0.327. The maximum Gasteiger partial charge on any atom is 0.231 e. The zero-order chi connectivity index (χ0) is 24.2. The first-order valence-electron chi connectivity index (χ1n) is 12.1. The second kappa shape index (κ2) is 10.9. The lowest BCUT2D eigenvalue weighted by Crippen LogP contribution is -2.46. The van der Waals surface area contributed by atoms with Gasteiger partial charge in [0.1, 0.15) is 17.7 Å². The van der Waals surface area contributed by atoms with Crippen LogP contribution in [-0.2, 0) is 6.54 Å². The first-order chi connectivity index (χ1) is 17.0. The van der Waals surface area contributed by atoms with E-state index in [9.17, 15) is 4.39 Å². The highest BCUT2D eigenvalue weighted by Gasteiger charge is 2.22. The molecule has 0 amide bonds. The molecule has 35 heavy (non-hydrogen) atoms. The molecule has 3 aromatic carbocycles. The van der Waals surface area contributed by atoms with Gasteiger partial charge in [0.15, 0.2) is 11.5 Å². The zero-order valence-corrected chi connectivity index (χ0v) is 20.6. The average molecular weight is 497 g/mol. The fourth-order valence-corrected chi connectivity index (χ4v) is 4.75. The van der Waals surface area contributed by atoms with Crippen molar-refractivity contribution in [2.24, 2.45) is 0 Å². The minimum absolute atomic E-state index is 0.239. The number of ether oxygens (including phenoxy) is 3. The fourth-order valence-electron chi connectivity index (χ4n) is 4.64. The highest BCUT2D eigenvalue weighted by atomic mass is 35.5. The van der Waals surface area contributed by atoms with Gasteiger partial charge in [0.25, 0.3) is 0 Å². The smallest absolute Gasteiger partial charge is 0.231 e. The molecule has 0 spiro atoms. The van der Waals surface area contributed by atoms with Gasteiger partial charge in [0, 0.05) is 56.3 Å². The summed E-state index contributed by atoms with van der Waals surface area (Å²) in [5.41, 5.74) is 2.76. The Labute approximate surface area is 211 Å². The molecule has 1 saturated heterocycles. The van der Waals surface area contributed by atoms with Crippen LogP contribution in [0.4, 0.5) is 4.39 Å². The van der Waals surface area contributed by atoms with Crippen LogP contribution >= 0.6 is 11.6 Å². The van der Waals surface area contributed by atoms with Crippen LogP contribution in [0.15, 0.2) is 60.7 Å². The van der Waals surface area contributed by atoms with E-state index < -0.39 is 0 Å². The number of nitrogens with zero attached hydrogens (tertiary/aromatic N) is 2. The Balaban J connectivity index is 1.17. The summed E-state index contributed by atoms with van der Waals surface area (Å²) in [6, 6.07) is 18.6. The van der Waals surface area contributed by atoms with Crippen molar-refractivity contribution in [2.45, 2.75) is 26.0 Å². The van der Waals surface area contributed by atoms with E-state index in [-0.39, 0.29) is 11.9 Å². The number of fused-ring (bicyclic) bond motifs is 1. The van der Waals surface area contributed by atoms with E-state index in [4.69, 9.17) is 25.8 Å². The Morgan fingerprint density at radius 1 is 0.943 bits per heavy atom. The molecule has 0 N–H and O–H groups in total. The molecule has 2 heterocycles. The first-order valence-corrected chi connectivity index (χ1v) is 12.4. The summed E-state index contributed by atoms with van der Waals surface area (Å²) in [5.74, 6) is 2.11. The Kier molecular flexibility index (Phi) is 7.42. The second-order valence-electron chi connectivity index (χ2n) is 9.13. The minimum atomic E-state index is -0.372. The van der Waals surface area contributed by atoms with E-state index in [1.807, 2.05) is 43.3 Å². The fraction of sp³-hybridized carbons (Fsp3) is 0.357.